The number of hydrogen-bond acceptors (Lipinski definition) is 1. The molecule has 0 bridgehead atoms. The molecule has 0 rings (SSSR count). The van der Waals surface area contributed by atoms with E-state index in [1.807, 2.05) is 0 Å². The van der Waals surface area contributed by atoms with Crippen molar-refractivity contribution in [3.63, 3.8) is 0 Å². The number of rotatable bonds is 14. The molecule has 0 heterocycles. The van der Waals surface area contributed by atoms with Gasteiger partial charge in [0.1, 0.15) is 5.78 Å². The molecule has 1 heteroatoms. The molecule has 0 atom stereocenters. The summed E-state index contributed by atoms with van der Waals surface area (Å²) in [6.45, 7) is 3.92. The summed E-state index contributed by atoms with van der Waals surface area (Å²) in [4.78, 5) is 10.8. The molecule has 0 fully saturated rings. The molecule has 116 valence electrons. The summed E-state index contributed by atoms with van der Waals surface area (Å²) in [5, 5.41) is 0. The number of carbonyl (C=O) groups excluding carboxylic acids is 1. The van der Waals surface area contributed by atoms with Crippen LogP contribution < -0.4 is 0 Å². The lowest BCUT2D eigenvalue weighted by molar-refractivity contribution is -0.117. The highest BCUT2D eigenvalue weighted by atomic mass is 16.1. The average molecular weight is 278 g/mol. The van der Waals surface area contributed by atoms with Gasteiger partial charge in [-0.25, -0.2) is 0 Å². The Morgan fingerprint density at radius 2 is 1.20 bits per heavy atom. The standard InChI is InChI=1S/C19H34O/c1-3-4-5-6-7-8-9-10-11-12-13-14-15-16-17-18-19(2)20/h6-7,10-11H,3-5,8-9,12-18H2,1-2H3. The normalized spacial score (nSPS) is 11.7. The fourth-order valence-corrected chi connectivity index (χ4v) is 2.15. The maximum atomic E-state index is 10.8. The summed E-state index contributed by atoms with van der Waals surface area (Å²) < 4.78 is 0. The molecule has 0 aliphatic heterocycles. The molecule has 0 saturated carbocycles. The van der Waals surface area contributed by atoms with Gasteiger partial charge < -0.3 is 4.79 Å². The van der Waals surface area contributed by atoms with Gasteiger partial charge in [0.05, 0.1) is 0 Å². The van der Waals surface area contributed by atoms with Gasteiger partial charge in [0.15, 0.2) is 0 Å². The molecule has 0 saturated heterocycles. The van der Waals surface area contributed by atoms with Crippen LogP contribution in [0.15, 0.2) is 24.3 Å². The Hall–Kier alpha value is -0.850. The predicted molar refractivity (Wildman–Crippen MR) is 90.0 cm³/mol. The first kappa shape index (κ1) is 19.1. The molecule has 0 aromatic carbocycles. The predicted octanol–water partition coefficient (Wildman–Crippen LogP) is 6.39. The van der Waals surface area contributed by atoms with E-state index in [-0.39, 0.29) is 0 Å². The van der Waals surface area contributed by atoms with Crippen LogP contribution in [0.4, 0.5) is 0 Å². The first-order valence-electron chi connectivity index (χ1n) is 8.56. The minimum Gasteiger partial charge on any atom is -0.300 e. The van der Waals surface area contributed by atoms with Crippen LogP contribution in [0, 0.1) is 0 Å². The maximum absolute atomic E-state index is 10.8. The third kappa shape index (κ3) is 17.2. The van der Waals surface area contributed by atoms with Gasteiger partial charge in [0, 0.05) is 6.42 Å². The fraction of sp³-hybridized carbons (Fsp3) is 0.737. The second-order valence-electron chi connectivity index (χ2n) is 5.67. The zero-order valence-electron chi connectivity index (χ0n) is 13.7. The monoisotopic (exact) mass is 278 g/mol. The molecule has 1 nitrogen and oxygen atoms in total. The van der Waals surface area contributed by atoms with Crippen LogP contribution in [0.25, 0.3) is 0 Å². The quantitative estimate of drug-likeness (QED) is 0.266. The van der Waals surface area contributed by atoms with Crippen molar-refractivity contribution >= 4 is 5.78 Å². The van der Waals surface area contributed by atoms with Crippen molar-refractivity contribution in [1.29, 1.82) is 0 Å². The van der Waals surface area contributed by atoms with Gasteiger partial charge in [-0.05, 0) is 45.4 Å². The third-order valence-electron chi connectivity index (χ3n) is 3.46. The van der Waals surface area contributed by atoms with E-state index in [0.29, 0.717) is 5.78 Å². The molecule has 0 aliphatic carbocycles. The summed E-state index contributed by atoms with van der Waals surface area (Å²) in [6, 6.07) is 0. The number of unbranched alkanes of at least 4 members (excludes halogenated alkanes) is 8. The number of hydrogen-bond donors (Lipinski definition) is 0. The number of Topliss-reactive ketones (excluding diaryl/α,β-unsaturated/α-hetero) is 1. The van der Waals surface area contributed by atoms with Gasteiger partial charge in [-0.2, -0.15) is 0 Å². The molecule has 0 aliphatic rings. The van der Waals surface area contributed by atoms with Crippen molar-refractivity contribution in [1.82, 2.24) is 0 Å². The summed E-state index contributed by atoms with van der Waals surface area (Å²) >= 11 is 0. The van der Waals surface area contributed by atoms with Crippen molar-refractivity contribution in [3.05, 3.63) is 24.3 Å². The molecular weight excluding hydrogens is 244 g/mol. The van der Waals surface area contributed by atoms with E-state index in [9.17, 15) is 4.79 Å². The van der Waals surface area contributed by atoms with E-state index >= 15 is 0 Å². The molecule has 20 heavy (non-hydrogen) atoms. The summed E-state index contributed by atoms with van der Waals surface area (Å²) in [7, 11) is 0. The van der Waals surface area contributed by atoms with Gasteiger partial charge in [-0.15, -0.1) is 0 Å². The zero-order valence-corrected chi connectivity index (χ0v) is 13.7. The van der Waals surface area contributed by atoms with Crippen LogP contribution in [-0.2, 0) is 4.79 Å². The molecule has 0 unspecified atom stereocenters. The van der Waals surface area contributed by atoms with Crippen LogP contribution in [0.3, 0.4) is 0 Å². The number of carbonyl (C=O) groups is 1. The van der Waals surface area contributed by atoms with E-state index in [2.05, 4.69) is 31.2 Å². The molecule has 0 amide bonds. The first-order valence-corrected chi connectivity index (χ1v) is 8.56. The minimum absolute atomic E-state index is 0.330. The first-order chi connectivity index (χ1) is 9.77. The number of ketones is 1. The lowest BCUT2D eigenvalue weighted by Gasteiger charge is -1.98. The highest BCUT2D eigenvalue weighted by Gasteiger charge is 1.93. The highest BCUT2D eigenvalue weighted by Crippen LogP contribution is 2.08. The Balaban J connectivity index is 3.16. The van der Waals surface area contributed by atoms with E-state index < -0.39 is 0 Å². The highest BCUT2D eigenvalue weighted by molar-refractivity contribution is 5.75. The maximum Gasteiger partial charge on any atom is 0.129 e. The summed E-state index contributed by atoms with van der Waals surface area (Å²) in [6.07, 6.45) is 23.7. The van der Waals surface area contributed by atoms with Crippen molar-refractivity contribution in [2.75, 3.05) is 0 Å². The zero-order chi connectivity index (χ0) is 14.9. The van der Waals surface area contributed by atoms with Crippen molar-refractivity contribution in [3.8, 4) is 0 Å². The van der Waals surface area contributed by atoms with Crippen LogP contribution in [-0.4, -0.2) is 5.78 Å². The average Bonchev–Trinajstić information content (AvgIpc) is 2.43. The molecule has 0 aromatic rings. The summed E-state index contributed by atoms with van der Waals surface area (Å²) in [5.41, 5.74) is 0. The molecule has 0 spiro atoms. The fourth-order valence-electron chi connectivity index (χ4n) is 2.15. The Bertz CT molecular complexity index is 263. The van der Waals surface area contributed by atoms with Crippen molar-refractivity contribution < 1.29 is 4.79 Å². The Kier molecular flexibility index (Phi) is 15.5. The van der Waals surface area contributed by atoms with E-state index in [1.54, 1.807) is 6.92 Å². The Morgan fingerprint density at radius 3 is 1.80 bits per heavy atom. The van der Waals surface area contributed by atoms with Crippen LogP contribution >= 0.6 is 0 Å². The van der Waals surface area contributed by atoms with E-state index in [4.69, 9.17) is 0 Å². The van der Waals surface area contributed by atoms with E-state index in [1.165, 1.54) is 64.2 Å². The third-order valence-corrected chi connectivity index (χ3v) is 3.46. The lowest BCUT2D eigenvalue weighted by atomic mass is 10.1. The Morgan fingerprint density at radius 1 is 0.700 bits per heavy atom. The molecular formula is C19H34O. The van der Waals surface area contributed by atoms with Gasteiger partial charge >= 0.3 is 0 Å². The largest absolute Gasteiger partial charge is 0.300 e. The van der Waals surface area contributed by atoms with Gasteiger partial charge in [-0.1, -0.05) is 63.3 Å². The molecule has 0 radical (unpaired) electrons. The Labute approximate surface area is 126 Å². The second-order valence-corrected chi connectivity index (χ2v) is 5.67. The molecule has 0 aromatic heterocycles. The van der Waals surface area contributed by atoms with Gasteiger partial charge in [0.25, 0.3) is 0 Å². The van der Waals surface area contributed by atoms with Crippen molar-refractivity contribution in [2.24, 2.45) is 0 Å². The van der Waals surface area contributed by atoms with Crippen LogP contribution in [0.5, 0.6) is 0 Å². The number of allylic oxidation sites excluding steroid dienone is 4. The smallest absolute Gasteiger partial charge is 0.129 e. The SMILES string of the molecule is CCCCC=CCCC=CCCCCCCCC(C)=O. The van der Waals surface area contributed by atoms with Crippen LogP contribution in [0.1, 0.15) is 90.9 Å². The topological polar surface area (TPSA) is 17.1 Å². The van der Waals surface area contributed by atoms with Crippen LogP contribution in [0.2, 0.25) is 0 Å². The summed E-state index contributed by atoms with van der Waals surface area (Å²) in [5.74, 6) is 0.330. The molecule has 0 N–H and O–H groups in total. The lowest BCUT2D eigenvalue weighted by Crippen LogP contribution is -1.89. The minimum atomic E-state index is 0.330. The van der Waals surface area contributed by atoms with Gasteiger partial charge in [0.2, 0.25) is 0 Å². The van der Waals surface area contributed by atoms with Gasteiger partial charge in [-0.3, -0.25) is 0 Å². The van der Waals surface area contributed by atoms with E-state index in [0.717, 1.165) is 12.8 Å². The van der Waals surface area contributed by atoms with Crippen molar-refractivity contribution in [2.45, 2.75) is 90.9 Å². The second kappa shape index (κ2) is 16.2.